The highest BCUT2D eigenvalue weighted by Gasteiger charge is 2.36. The number of rotatable bonds is 6. The standard InChI is InChI=1S/C24H30FN5O2S/c1-29(24-21-10-12-26-23(21)27-16-28-24)19-8-6-17(7-9-19)15-33(31,32)30-13-11-18(14-30)20-4-2-3-5-22(20)25/h2-5,10,12,16-19H,6-9,11,13-15H2,1H3,(H,26,27,28)/t17?,18-,19?/m0/s1. The second kappa shape index (κ2) is 9.02. The topological polar surface area (TPSA) is 82.2 Å². The largest absolute Gasteiger partial charge is 0.356 e. The van der Waals surface area contributed by atoms with Crippen LogP contribution in [0.25, 0.3) is 11.0 Å². The highest BCUT2D eigenvalue weighted by atomic mass is 32.2. The zero-order chi connectivity index (χ0) is 23.0. The normalized spacial score (nSPS) is 24.4. The highest BCUT2D eigenvalue weighted by Crippen LogP contribution is 2.34. The number of aromatic nitrogens is 3. The molecule has 1 aliphatic heterocycles. The molecule has 0 unspecified atom stereocenters. The van der Waals surface area contributed by atoms with Crippen molar-refractivity contribution < 1.29 is 12.8 Å². The van der Waals surface area contributed by atoms with Gasteiger partial charge < -0.3 is 9.88 Å². The molecule has 2 aliphatic rings. The van der Waals surface area contributed by atoms with E-state index < -0.39 is 10.0 Å². The van der Waals surface area contributed by atoms with Crippen LogP contribution >= 0.6 is 0 Å². The molecule has 1 saturated heterocycles. The molecule has 1 saturated carbocycles. The second-order valence-electron chi connectivity index (χ2n) is 9.37. The molecule has 1 aliphatic carbocycles. The van der Waals surface area contributed by atoms with E-state index in [4.69, 9.17) is 0 Å². The molecule has 2 fully saturated rings. The van der Waals surface area contributed by atoms with Crippen molar-refractivity contribution in [3.05, 3.63) is 54.2 Å². The lowest BCUT2D eigenvalue weighted by atomic mass is 9.86. The van der Waals surface area contributed by atoms with E-state index in [0.717, 1.165) is 42.5 Å². The molecule has 5 rings (SSSR count). The fourth-order valence-electron chi connectivity index (χ4n) is 5.46. The van der Waals surface area contributed by atoms with Gasteiger partial charge in [-0.2, -0.15) is 0 Å². The molecule has 0 radical (unpaired) electrons. The number of fused-ring (bicyclic) bond motifs is 1. The van der Waals surface area contributed by atoms with Crippen LogP contribution in [0.15, 0.2) is 42.9 Å². The quantitative estimate of drug-likeness (QED) is 0.589. The summed E-state index contributed by atoms with van der Waals surface area (Å²) in [5, 5.41) is 1.00. The van der Waals surface area contributed by atoms with Crippen LogP contribution < -0.4 is 4.90 Å². The molecule has 33 heavy (non-hydrogen) atoms. The maximum absolute atomic E-state index is 14.1. The van der Waals surface area contributed by atoms with Crippen molar-refractivity contribution in [2.45, 2.75) is 44.1 Å². The van der Waals surface area contributed by atoms with Crippen LogP contribution in [0.4, 0.5) is 10.2 Å². The Morgan fingerprint density at radius 3 is 2.70 bits per heavy atom. The molecular formula is C24H30FN5O2S. The van der Waals surface area contributed by atoms with Gasteiger partial charge in [0.15, 0.2) is 0 Å². The summed E-state index contributed by atoms with van der Waals surface area (Å²) in [6.45, 7) is 0.849. The Morgan fingerprint density at radius 2 is 1.91 bits per heavy atom. The van der Waals surface area contributed by atoms with Crippen LogP contribution in [0.5, 0.6) is 0 Å². The number of H-pyrrole nitrogens is 1. The lowest BCUT2D eigenvalue weighted by Crippen LogP contribution is -2.39. The zero-order valence-electron chi connectivity index (χ0n) is 18.8. The van der Waals surface area contributed by atoms with E-state index >= 15 is 0 Å². The van der Waals surface area contributed by atoms with Gasteiger partial charge in [-0.15, -0.1) is 0 Å². The predicted octanol–water partition coefficient (Wildman–Crippen LogP) is 3.91. The van der Waals surface area contributed by atoms with Gasteiger partial charge in [-0.25, -0.2) is 27.1 Å². The Hall–Kier alpha value is -2.52. The molecule has 7 nitrogen and oxygen atoms in total. The Balaban J connectivity index is 1.18. The van der Waals surface area contributed by atoms with Crippen LogP contribution in [0.3, 0.4) is 0 Å². The first kappa shape index (κ1) is 22.3. The average Bonchev–Trinajstić information content (AvgIpc) is 3.49. The molecule has 176 valence electrons. The lowest BCUT2D eigenvalue weighted by molar-refractivity contribution is 0.336. The Bertz CT molecular complexity index is 1220. The number of hydrogen-bond donors (Lipinski definition) is 1. The third-order valence-electron chi connectivity index (χ3n) is 7.37. The number of hydrogen-bond acceptors (Lipinski definition) is 5. The summed E-state index contributed by atoms with van der Waals surface area (Å²) in [6.07, 6.45) is 7.74. The highest BCUT2D eigenvalue weighted by molar-refractivity contribution is 7.89. The Morgan fingerprint density at radius 1 is 1.12 bits per heavy atom. The smallest absolute Gasteiger partial charge is 0.214 e. The van der Waals surface area contributed by atoms with Crippen molar-refractivity contribution >= 4 is 26.9 Å². The molecule has 2 aromatic heterocycles. The first-order valence-corrected chi connectivity index (χ1v) is 13.3. The minimum Gasteiger partial charge on any atom is -0.356 e. The molecule has 1 N–H and O–H groups in total. The predicted molar refractivity (Wildman–Crippen MR) is 127 cm³/mol. The number of anilines is 1. The van der Waals surface area contributed by atoms with Crippen molar-refractivity contribution in [2.24, 2.45) is 5.92 Å². The van der Waals surface area contributed by atoms with E-state index in [2.05, 4.69) is 26.9 Å². The van der Waals surface area contributed by atoms with Crippen LogP contribution in [0.2, 0.25) is 0 Å². The SMILES string of the molecule is CN(c1ncnc2[nH]ccc12)C1CCC(CS(=O)(=O)N2CC[C@H](c3ccccc3F)C2)CC1. The van der Waals surface area contributed by atoms with E-state index in [1.165, 1.54) is 6.07 Å². The Labute approximate surface area is 194 Å². The number of aromatic amines is 1. The second-order valence-corrected chi connectivity index (χ2v) is 11.4. The van der Waals surface area contributed by atoms with Gasteiger partial charge in [-0.05, 0) is 55.7 Å². The molecule has 0 spiro atoms. The van der Waals surface area contributed by atoms with Crippen molar-refractivity contribution in [3.8, 4) is 0 Å². The number of sulfonamides is 1. The van der Waals surface area contributed by atoms with E-state index in [1.54, 1.807) is 22.8 Å². The van der Waals surface area contributed by atoms with Gasteiger partial charge in [0.25, 0.3) is 0 Å². The fraction of sp³-hybridized carbons (Fsp3) is 0.500. The maximum atomic E-state index is 14.1. The maximum Gasteiger partial charge on any atom is 0.214 e. The Kier molecular flexibility index (Phi) is 6.09. The number of nitrogens with one attached hydrogen (secondary N) is 1. The summed E-state index contributed by atoms with van der Waals surface area (Å²) < 4.78 is 42.0. The van der Waals surface area contributed by atoms with Crippen molar-refractivity contribution in [1.29, 1.82) is 0 Å². The first-order chi connectivity index (χ1) is 15.9. The summed E-state index contributed by atoms with van der Waals surface area (Å²) >= 11 is 0. The van der Waals surface area contributed by atoms with Gasteiger partial charge in [-0.3, -0.25) is 0 Å². The number of benzene rings is 1. The third kappa shape index (κ3) is 4.48. The van der Waals surface area contributed by atoms with E-state index in [0.29, 0.717) is 31.1 Å². The third-order valence-corrected chi connectivity index (χ3v) is 9.38. The van der Waals surface area contributed by atoms with Gasteiger partial charge in [0, 0.05) is 38.3 Å². The van der Waals surface area contributed by atoms with E-state index in [-0.39, 0.29) is 23.4 Å². The molecular weight excluding hydrogens is 441 g/mol. The summed E-state index contributed by atoms with van der Waals surface area (Å²) in [7, 11) is -1.29. The van der Waals surface area contributed by atoms with Crippen LogP contribution in [-0.4, -0.2) is 59.6 Å². The first-order valence-electron chi connectivity index (χ1n) is 11.7. The van der Waals surface area contributed by atoms with E-state index in [9.17, 15) is 12.8 Å². The molecule has 0 amide bonds. The monoisotopic (exact) mass is 471 g/mol. The van der Waals surface area contributed by atoms with Gasteiger partial charge in [0.2, 0.25) is 10.0 Å². The molecule has 3 heterocycles. The van der Waals surface area contributed by atoms with Crippen LogP contribution in [0.1, 0.15) is 43.6 Å². The fourth-order valence-corrected chi connectivity index (χ4v) is 7.39. The lowest BCUT2D eigenvalue weighted by Gasteiger charge is -2.35. The van der Waals surface area contributed by atoms with Crippen molar-refractivity contribution in [2.75, 3.05) is 30.8 Å². The summed E-state index contributed by atoms with van der Waals surface area (Å²) in [6, 6.07) is 9.02. The zero-order valence-corrected chi connectivity index (χ0v) is 19.6. The number of halogens is 1. The molecule has 9 heteroatoms. The van der Waals surface area contributed by atoms with Gasteiger partial charge in [0.1, 0.15) is 23.6 Å². The summed E-state index contributed by atoms with van der Waals surface area (Å²) in [4.78, 5) is 14.1. The average molecular weight is 472 g/mol. The van der Waals surface area contributed by atoms with Gasteiger partial charge in [-0.1, -0.05) is 18.2 Å². The van der Waals surface area contributed by atoms with Crippen molar-refractivity contribution in [1.82, 2.24) is 19.3 Å². The van der Waals surface area contributed by atoms with Gasteiger partial charge >= 0.3 is 0 Å². The van der Waals surface area contributed by atoms with Gasteiger partial charge in [0.05, 0.1) is 11.1 Å². The number of nitrogens with zero attached hydrogens (tertiary/aromatic N) is 4. The molecule has 3 aromatic rings. The molecule has 1 atom stereocenters. The minimum absolute atomic E-state index is 0.0662. The minimum atomic E-state index is -3.35. The van der Waals surface area contributed by atoms with Crippen LogP contribution in [-0.2, 0) is 10.0 Å². The summed E-state index contributed by atoms with van der Waals surface area (Å²) in [5.74, 6) is 0.940. The molecule has 0 bridgehead atoms. The van der Waals surface area contributed by atoms with Crippen LogP contribution in [0, 0.1) is 11.7 Å². The van der Waals surface area contributed by atoms with Crippen molar-refractivity contribution in [3.63, 3.8) is 0 Å². The summed E-state index contributed by atoms with van der Waals surface area (Å²) in [5.41, 5.74) is 1.45. The molecule has 1 aromatic carbocycles. The van der Waals surface area contributed by atoms with E-state index in [1.807, 2.05) is 18.3 Å².